The van der Waals surface area contributed by atoms with E-state index in [9.17, 15) is 24.0 Å². The normalized spacial score (nSPS) is 17.4. The van der Waals surface area contributed by atoms with Crippen LogP contribution in [0.5, 0.6) is 0 Å². The first-order valence-corrected chi connectivity index (χ1v) is 13.0. The van der Waals surface area contributed by atoms with Gasteiger partial charge in [0.15, 0.2) is 0 Å². The van der Waals surface area contributed by atoms with Crippen molar-refractivity contribution in [1.82, 2.24) is 20.9 Å². The number of fused-ring (bicyclic) bond motifs is 1. The first-order chi connectivity index (χ1) is 18.6. The molecule has 0 saturated carbocycles. The van der Waals surface area contributed by atoms with Gasteiger partial charge in [-0.1, -0.05) is 29.8 Å². The summed E-state index contributed by atoms with van der Waals surface area (Å²) in [5, 5.41) is 11.0. The van der Waals surface area contributed by atoms with Crippen LogP contribution in [-0.2, 0) is 38.6 Å². The Bertz CT molecular complexity index is 1320. The highest BCUT2D eigenvalue weighted by atomic mass is 35.5. The van der Waals surface area contributed by atoms with Gasteiger partial charge in [0.25, 0.3) is 5.91 Å². The van der Waals surface area contributed by atoms with Crippen molar-refractivity contribution in [3.05, 3.63) is 63.7 Å². The lowest BCUT2D eigenvalue weighted by atomic mass is 10.0. The van der Waals surface area contributed by atoms with Gasteiger partial charge >= 0.3 is 12.0 Å². The third kappa shape index (κ3) is 6.92. The van der Waals surface area contributed by atoms with E-state index in [4.69, 9.17) is 16.3 Å². The molecule has 0 spiro atoms. The summed E-state index contributed by atoms with van der Waals surface area (Å²) in [5.41, 5.74) is 3.08. The summed E-state index contributed by atoms with van der Waals surface area (Å²) < 4.78 is 5.31. The Morgan fingerprint density at radius 2 is 1.97 bits per heavy atom. The first kappa shape index (κ1) is 28.1. The minimum atomic E-state index is -0.680. The molecule has 4 N–H and O–H groups in total. The molecule has 5 amide bonds. The van der Waals surface area contributed by atoms with Gasteiger partial charge in [-0.25, -0.2) is 4.79 Å². The average Bonchev–Trinajstić information content (AvgIpc) is 3.20. The summed E-state index contributed by atoms with van der Waals surface area (Å²) in [4.78, 5) is 62.5. The fourth-order valence-electron chi connectivity index (χ4n) is 4.61. The number of hydrogen-bond acceptors (Lipinski definition) is 7. The molecule has 2 aromatic carbocycles. The van der Waals surface area contributed by atoms with Gasteiger partial charge in [-0.2, -0.15) is 0 Å². The van der Waals surface area contributed by atoms with Crippen LogP contribution in [0.3, 0.4) is 0 Å². The number of hydrogen-bond donors (Lipinski definition) is 4. The fourth-order valence-corrected chi connectivity index (χ4v) is 4.86. The highest BCUT2D eigenvalue weighted by Gasteiger charge is 2.39. The zero-order valence-electron chi connectivity index (χ0n) is 21.6. The van der Waals surface area contributed by atoms with Crippen LogP contribution in [0.1, 0.15) is 46.8 Å². The van der Waals surface area contributed by atoms with Crippen LogP contribution in [0.2, 0.25) is 5.02 Å². The van der Waals surface area contributed by atoms with Gasteiger partial charge < -0.3 is 25.6 Å². The van der Waals surface area contributed by atoms with E-state index in [2.05, 4.69) is 21.3 Å². The molecule has 0 aromatic heterocycles. The van der Waals surface area contributed by atoms with E-state index in [0.29, 0.717) is 34.8 Å². The number of rotatable bonds is 9. The number of anilines is 1. The molecule has 12 heteroatoms. The molecule has 1 fully saturated rings. The predicted octanol–water partition coefficient (Wildman–Crippen LogP) is 2.12. The number of nitrogens with one attached hydrogen (secondary N) is 4. The van der Waals surface area contributed by atoms with Gasteiger partial charge in [0.2, 0.25) is 11.8 Å². The SMILES string of the molecule is CNC[C@H](C)OC(=O)Cc1ccc(NC(=O)NCc2ccc3c(c2)CN(C2CCC(=O)NC2=O)C3=O)cc1Cl. The van der Waals surface area contributed by atoms with Crippen molar-refractivity contribution in [3.8, 4) is 0 Å². The summed E-state index contributed by atoms with van der Waals surface area (Å²) >= 11 is 6.31. The number of halogens is 1. The minimum Gasteiger partial charge on any atom is -0.461 e. The Balaban J connectivity index is 1.29. The van der Waals surface area contributed by atoms with Crippen molar-refractivity contribution >= 4 is 47.0 Å². The van der Waals surface area contributed by atoms with E-state index < -0.39 is 23.9 Å². The molecular formula is C27H30ClN5O6. The molecule has 2 heterocycles. The smallest absolute Gasteiger partial charge is 0.319 e. The van der Waals surface area contributed by atoms with E-state index in [1.165, 1.54) is 4.90 Å². The maximum atomic E-state index is 12.8. The molecule has 0 radical (unpaired) electrons. The average molecular weight is 556 g/mol. The number of carbonyl (C=O) groups excluding carboxylic acids is 5. The Morgan fingerprint density at radius 1 is 1.18 bits per heavy atom. The number of ether oxygens (including phenoxy) is 1. The Labute approximate surface area is 230 Å². The number of esters is 1. The second kappa shape index (κ2) is 12.3. The number of benzene rings is 2. The quantitative estimate of drug-likeness (QED) is 0.274. The maximum Gasteiger partial charge on any atom is 0.319 e. The molecular weight excluding hydrogens is 526 g/mol. The number of likely N-dealkylation sites (N-methyl/N-ethyl adjacent to an activating group) is 1. The molecule has 2 aliphatic rings. The largest absolute Gasteiger partial charge is 0.461 e. The summed E-state index contributed by atoms with van der Waals surface area (Å²) in [7, 11) is 1.77. The monoisotopic (exact) mass is 555 g/mol. The zero-order chi connectivity index (χ0) is 28.1. The Kier molecular flexibility index (Phi) is 8.82. The molecule has 2 aliphatic heterocycles. The molecule has 2 aromatic rings. The summed E-state index contributed by atoms with van der Waals surface area (Å²) in [6, 6.07) is 8.98. The van der Waals surface area contributed by atoms with Crippen molar-refractivity contribution < 1.29 is 28.7 Å². The van der Waals surface area contributed by atoms with E-state index in [0.717, 1.165) is 11.1 Å². The number of piperidine rings is 1. The van der Waals surface area contributed by atoms with Gasteiger partial charge in [0.1, 0.15) is 12.1 Å². The summed E-state index contributed by atoms with van der Waals surface area (Å²) in [6.45, 7) is 2.79. The fraction of sp³-hybridized carbons (Fsp3) is 0.370. The third-order valence-electron chi connectivity index (χ3n) is 6.51. The van der Waals surface area contributed by atoms with Crippen molar-refractivity contribution in [3.63, 3.8) is 0 Å². The highest BCUT2D eigenvalue weighted by molar-refractivity contribution is 6.31. The Morgan fingerprint density at radius 3 is 2.69 bits per heavy atom. The highest BCUT2D eigenvalue weighted by Crippen LogP contribution is 2.28. The van der Waals surface area contributed by atoms with Gasteiger partial charge in [-0.15, -0.1) is 0 Å². The molecule has 1 saturated heterocycles. The second-order valence-electron chi connectivity index (χ2n) is 9.54. The molecule has 4 rings (SSSR count). The van der Waals surface area contributed by atoms with Crippen LogP contribution < -0.4 is 21.3 Å². The van der Waals surface area contributed by atoms with Crippen LogP contribution in [0.25, 0.3) is 0 Å². The molecule has 2 atom stereocenters. The van der Waals surface area contributed by atoms with Crippen LogP contribution in [-0.4, -0.2) is 60.4 Å². The van der Waals surface area contributed by atoms with Crippen LogP contribution in [0, 0.1) is 0 Å². The molecule has 1 unspecified atom stereocenters. The number of urea groups is 1. The third-order valence-corrected chi connectivity index (χ3v) is 6.86. The van der Waals surface area contributed by atoms with Gasteiger partial charge in [-0.05, 0) is 55.3 Å². The number of amides is 5. The number of nitrogens with zero attached hydrogens (tertiary/aromatic N) is 1. The molecule has 11 nitrogen and oxygen atoms in total. The zero-order valence-corrected chi connectivity index (χ0v) is 22.4. The standard InChI is InChI=1S/C27H30ClN5O6/c1-15(12-29-2)39-24(35)10-17-4-5-19(11-21(17)28)31-27(38)30-13-16-3-6-20-18(9-16)14-33(26(20)37)22-7-8-23(34)32-25(22)36/h3-6,9,11,15,22,29H,7-8,10,12-14H2,1-2H3,(H2,30,31,38)(H,32,34,36)/t15-,22?/m0/s1. The summed E-state index contributed by atoms with van der Waals surface area (Å²) in [5.74, 6) is -1.44. The Hall–Kier alpha value is -3.96. The number of imide groups is 1. The molecule has 39 heavy (non-hydrogen) atoms. The lowest BCUT2D eigenvalue weighted by molar-refractivity contribution is -0.147. The first-order valence-electron chi connectivity index (χ1n) is 12.6. The van der Waals surface area contributed by atoms with Gasteiger partial charge in [0.05, 0.1) is 6.42 Å². The van der Waals surface area contributed by atoms with E-state index >= 15 is 0 Å². The lowest BCUT2D eigenvalue weighted by Gasteiger charge is -2.29. The summed E-state index contributed by atoms with van der Waals surface area (Å²) in [6.07, 6.45) is 0.240. The van der Waals surface area contributed by atoms with Crippen LogP contribution in [0.15, 0.2) is 36.4 Å². The maximum absolute atomic E-state index is 12.8. The van der Waals surface area contributed by atoms with E-state index in [1.54, 1.807) is 44.3 Å². The van der Waals surface area contributed by atoms with Crippen molar-refractivity contribution in [2.24, 2.45) is 0 Å². The lowest BCUT2D eigenvalue weighted by Crippen LogP contribution is -2.52. The molecule has 0 bridgehead atoms. The van der Waals surface area contributed by atoms with E-state index in [-0.39, 0.29) is 43.8 Å². The predicted molar refractivity (Wildman–Crippen MR) is 143 cm³/mol. The van der Waals surface area contributed by atoms with Gasteiger partial charge in [0, 0.05) is 42.3 Å². The van der Waals surface area contributed by atoms with Crippen molar-refractivity contribution in [2.75, 3.05) is 18.9 Å². The van der Waals surface area contributed by atoms with Crippen molar-refractivity contribution in [1.29, 1.82) is 0 Å². The van der Waals surface area contributed by atoms with Crippen LogP contribution in [0.4, 0.5) is 10.5 Å². The molecule has 206 valence electrons. The van der Waals surface area contributed by atoms with Crippen LogP contribution >= 0.6 is 11.6 Å². The minimum absolute atomic E-state index is 0.0150. The second-order valence-corrected chi connectivity index (χ2v) is 9.95. The molecule has 0 aliphatic carbocycles. The van der Waals surface area contributed by atoms with Crippen molar-refractivity contribution in [2.45, 2.75) is 51.4 Å². The van der Waals surface area contributed by atoms with Gasteiger partial charge in [-0.3, -0.25) is 24.5 Å². The topological polar surface area (TPSA) is 146 Å². The number of carbonyl (C=O) groups is 5. The van der Waals surface area contributed by atoms with E-state index in [1.807, 2.05) is 6.07 Å².